The van der Waals surface area contributed by atoms with Crippen LogP contribution in [0, 0.1) is 11.3 Å². The molecule has 0 aliphatic rings. The van der Waals surface area contributed by atoms with Gasteiger partial charge in [0, 0.05) is 24.8 Å². The maximum Gasteiger partial charge on any atom is 0.128 e. The van der Waals surface area contributed by atoms with Gasteiger partial charge in [-0.1, -0.05) is 6.07 Å². The summed E-state index contributed by atoms with van der Waals surface area (Å²) in [5.41, 5.74) is 6.81. The maximum absolute atomic E-state index is 8.65. The highest BCUT2D eigenvalue weighted by Gasteiger charge is 2.11. The van der Waals surface area contributed by atoms with Crippen LogP contribution in [-0.2, 0) is 0 Å². The van der Waals surface area contributed by atoms with E-state index in [1.54, 1.807) is 0 Å². The van der Waals surface area contributed by atoms with E-state index in [2.05, 4.69) is 29.8 Å². The molecule has 0 saturated carbocycles. The van der Waals surface area contributed by atoms with Crippen molar-refractivity contribution in [2.24, 2.45) is 5.73 Å². The molecule has 1 unspecified atom stereocenters. The third-order valence-corrected chi connectivity index (χ3v) is 2.68. The lowest BCUT2D eigenvalue weighted by Crippen LogP contribution is -2.32. The molecule has 1 heterocycles. The van der Waals surface area contributed by atoms with Crippen molar-refractivity contribution in [1.82, 2.24) is 4.98 Å². The summed E-state index contributed by atoms with van der Waals surface area (Å²) in [5, 5.41) is 8.65. The zero-order chi connectivity index (χ0) is 12.8. The van der Waals surface area contributed by atoms with Crippen molar-refractivity contribution in [3.8, 4) is 6.07 Å². The van der Waals surface area contributed by atoms with Gasteiger partial charge >= 0.3 is 0 Å². The van der Waals surface area contributed by atoms with Gasteiger partial charge in [-0.3, -0.25) is 0 Å². The predicted molar refractivity (Wildman–Crippen MR) is 69.6 cm³/mol. The fourth-order valence-corrected chi connectivity index (χ4v) is 1.64. The molecule has 17 heavy (non-hydrogen) atoms. The lowest BCUT2D eigenvalue weighted by molar-refractivity contribution is 0.675. The third kappa shape index (κ3) is 3.72. The summed E-state index contributed by atoms with van der Waals surface area (Å²) in [7, 11) is 0. The smallest absolute Gasteiger partial charge is 0.128 e. The molecule has 0 aliphatic heterocycles. The van der Waals surface area contributed by atoms with E-state index in [1.165, 1.54) is 0 Å². The number of hydrogen-bond donors (Lipinski definition) is 1. The molecule has 0 spiro atoms. The molecule has 92 valence electrons. The molecule has 0 radical (unpaired) electrons. The fourth-order valence-electron chi connectivity index (χ4n) is 1.64. The normalized spacial score (nSPS) is 12.2. The summed E-state index contributed by atoms with van der Waals surface area (Å²) >= 11 is 0. The van der Waals surface area contributed by atoms with Crippen molar-refractivity contribution in [1.29, 1.82) is 5.26 Å². The maximum atomic E-state index is 8.65. The Labute approximate surface area is 103 Å². The Bertz CT molecular complexity index is 375. The monoisotopic (exact) mass is 232 g/mol. The molecule has 0 aliphatic carbocycles. The summed E-state index contributed by atoms with van der Waals surface area (Å²) in [4.78, 5) is 6.53. The summed E-state index contributed by atoms with van der Waals surface area (Å²) in [6.45, 7) is 6.84. The van der Waals surface area contributed by atoms with Gasteiger partial charge in [0.15, 0.2) is 0 Å². The van der Waals surface area contributed by atoms with Gasteiger partial charge in [0.25, 0.3) is 0 Å². The lowest BCUT2D eigenvalue weighted by Gasteiger charge is -2.27. The molecule has 0 aromatic carbocycles. The lowest BCUT2D eigenvalue weighted by atomic mass is 10.1. The largest absolute Gasteiger partial charge is 0.353 e. The quantitative estimate of drug-likeness (QED) is 0.845. The molecule has 4 nitrogen and oxygen atoms in total. The van der Waals surface area contributed by atoms with Gasteiger partial charge in [-0.05, 0) is 32.4 Å². The van der Waals surface area contributed by atoms with Gasteiger partial charge < -0.3 is 10.6 Å². The van der Waals surface area contributed by atoms with E-state index >= 15 is 0 Å². The Kier molecular flexibility index (Phi) is 4.92. The minimum Gasteiger partial charge on any atom is -0.353 e. The van der Waals surface area contributed by atoms with E-state index < -0.39 is 0 Å². The van der Waals surface area contributed by atoms with Crippen molar-refractivity contribution in [2.45, 2.75) is 39.3 Å². The molecular weight excluding hydrogens is 212 g/mol. The molecule has 0 fully saturated rings. The van der Waals surface area contributed by atoms with Gasteiger partial charge in [-0.15, -0.1) is 0 Å². The standard InChI is InChI=1S/C13H20N4/c1-10(2)17(8-4-7-14)13-6-5-12(9-16-13)11(3)15/h5-6,9-11H,4,8,15H2,1-3H3. The molecule has 0 bridgehead atoms. The van der Waals surface area contributed by atoms with Gasteiger partial charge in [-0.25, -0.2) is 4.98 Å². The van der Waals surface area contributed by atoms with Crippen LogP contribution in [-0.4, -0.2) is 17.6 Å². The highest BCUT2D eigenvalue weighted by Crippen LogP contribution is 2.17. The molecule has 1 aromatic rings. The summed E-state index contributed by atoms with van der Waals surface area (Å²) in [6.07, 6.45) is 2.32. The molecule has 2 N–H and O–H groups in total. The Hall–Kier alpha value is -1.60. The van der Waals surface area contributed by atoms with Crippen LogP contribution in [0.4, 0.5) is 5.82 Å². The van der Waals surface area contributed by atoms with Gasteiger partial charge in [0.05, 0.1) is 12.5 Å². The van der Waals surface area contributed by atoms with Crippen LogP contribution in [0.2, 0.25) is 0 Å². The van der Waals surface area contributed by atoms with Crippen LogP contribution in [0.5, 0.6) is 0 Å². The average Bonchev–Trinajstić information content (AvgIpc) is 2.29. The van der Waals surface area contributed by atoms with E-state index in [4.69, 9.17) is 11.0 Å². The van der Waals surface area contributed by atoms with E-state index in [-0.39, 0.29) is 6.04 Å². The molecule has 0 amide bonds. The Balaban J connectivity index is 2.84. The number of nitrogens with two attached hydrogens (primary N) is 1. The molecule has 1 atom stereocenters. The van der Waals surface area contributed by atoms with Crippen LogP contribution in [0.25, 0.3) is 0 Å². The Morgan fingerprint density at radius 1 is 1.41 bits per heavy atom. The van der Waals surface area contributed by atoms with Crippen LogP contribution < -0.4 is 10.6 Å². The molecule has 0 saturated heterocycles. The number of aromatic nitrogens is 1. The highest BCUT2D eigenvalue weighted by atomic mass is 15.2. The minimum absolute atomic E-state index is 0.00292. The number of rotatable bonds is 5. The third-order valence-electron chi connectivity index (χ3n) is 2.68. The van der Waals surface area contributed by atoms with Crippen LogP contribution >= 0.6 is 0 Å². The minimum atomic E-state index is 0.00292. The van der Waals surface area contributed by atoms with Crippen LogP contribution in [0.15, 0.2) is 18.3 Å². The zero-order valence-electron chi connectivity index (χ0n) is 10.7. The topological polar surface area (TPSA) is 65.9 Å². The van der Waals surface area contributed by atoms with Crippen molar-refractivity contribution in [2.75, 3.05) is 11.4 Å². The van der Waals surface area contributed by atoms with Crippen molar-refractivity contribution in [3.05, 3.63) is 23.9 Å². The van der Waals surface area contributed by atoms with E-state index in [0.29, 0.717) is 19.0 Å². The summed E-state index contributed by atoms with van der Waals surface area (Å²) in [6, 6.07) is 6.46. The summed E-state index contributed by atoms with van der Waals surface area (Å²) < 4.78 is 0. The predicted octanol–water partition coefficient (Wildman–Crippen LogP) is 2.23. The van der Waals surface area contributed by atoms with Crippen molar-refractivity contribution in [3.63, 3.8) is 0 Å². The second-order valence-corrected chi connectivity index (χ2v) is 4.43. The highest BCUT2D eigenvalue weighted by molar-refractivity contribution is 5.40. The van der Waals surface area contributed by atoms with Gasteiger partial charge in [0.1, 0.15) is 5.82 Å². The Morgan fingerprint density at radius 2 is 2.12 bits per heavy atom. The first-order chi connectivity index (χ1) is 8.06. The second kappa shape index (κ2) is 6.21. The number of pyridine rings is 1. The van der Waals surface area contributed by atoms with E-state index in [9.17, 15) is 0 Å². The Morgan fingerprint density at radius 3 is 2.53 bits per heavy atom. The van der Waals surface area contributed by atoms with Gasteiger partial charge in [0.2, 0.25) is 0 Å². The zero-order valence-corrected chi connectivity index (χ0v) is 10.7. The first-order valence-corrected chi connectivity index (χ1v) is 5.91. The average molecular weight is 232 g/mol. The summed E-state index contributed by atoms with van der Waals surface area (Å²) in [5.74, 6) is 0.902. The second-order valence-electron chi connectivity index (χ2n) is 4.43. The molecule has 4 heteroatoms. The number of nitrogens with zero attached hydrogens (tertiary/aromatic N) is 3. The number of anilines is 1. The number of nitriles is 1. The molecule has 1 rings (SSSR count). The number of hydrogen-bond acceptors (Lipinski definition) is 4. The van der Waals surface area contributed by atoms with Crippen molar-refractivity contribution < 1.29 is 0 Å². The fraction of sp³-hybridized carbons (Fsp3) is 0.538. The molecular formula is C13H20N4. The first-order valence-electron chi connectivity index (χ1n) is 5.91. The van der Waals surface area contributed by atoms with Crippen LogP contribution in [0.3, 0.4) is 0 Å². The van der Waals surface area contributed by atoms with E-state index in [1.807, 2.05) is 25.3 Å². The SMILES string of the molecule is CC(N)c1ccc(N(CCC#N)C(C)C)nc1. The van der Waals surface area contributed by atoms with E-state index in [0.717, 1.165) is 11.4 Å². The molecule has 1 aromatic heterocycles. The first kappa shape index (κ1) is 13.5. The van der Waals surface area contributed by atoms with Gasteiger partial charge in [-0.2, -0.15) is 5.26 Å². The van der Waals surface area contributed by atoms with Crippen LogP contribution in [0.1, 0.15) is 38.8 Å². The van der Waals surface area contributed by atoms with Crippen molar-refractivity contribution >= 4 is 5.82 Å².